The molecule has 0 aliphatic rings. The Hall–Kier alpha value is -7.37. The fourth-order valence-electron chi connectivity index (χ4n) is 8.08. The Morgan fingerprint density at radius 1 is 0.315 bits per heavy atom. The molecule has 0 unspecified atom stereocenters. The van der Waals surface area contributed by atoms with Gasteiger partial charge >= 0.3 is 0 Å². The molecule has 0 N–H and O–H groups in total. The Morgan fingerprint density at radius 3 is 1.46 bits per heavy atom. The third-order valence-electron chi connectivity index (χ3n) is 10.5. The first-order valence-corrected chi connectivity index (χ1v) is 18.2. The van der Waals surface area contributed by atoms with Crippen LogP contribution in [0.15, 0.2) is 188 Å². The summed E-state index contributed by atoms with van der Waals surface area (Å²) in [5, 5.41) is 7.00. The Bertz CT molecular complexity index is 3160. The molecular formula is C49H31N5. The lowest BCUT2D eigenvalue weighted by molar-refractivity contribution is 1.07. The van der Waals surface area contributed by atoms with Gasteiger partial charge in [0, 0.05) is 43.9 Å². The van der Waals surface area contributed by atoms with Gasteiger partial charge in [-0.1, -0.05) is 127 Å². The molecule has 0 fully saturated rings. The van der Waals surface area contributed by atoms with E-state index in [9.17, 15) is 0 Å². The van der Waals surface area contributed by atoms with Gasteiger partial charge < -0.3 is 9.13 Å². The van der Waals surface area contributed by atoms with Crippen molar-refractivity contribution >= 4 is 54.4 Å². The van der Waals surface area contributed by atoms with Crippen molar-refractivity contribution in [1.82, 2.24) is 24.1 Å². The van der Waals surface area contributed by atoms with E-state index in [4.69, 9.17) is 15.0 Å². The van der Waals surface area contributed by atoms with E-state index in [1.54, 1.807) is 0 Å². The number of aromatic nitrogens is 5. The number of benzene rings is 8. The minimum atomic E-state index is 0.619. The second kappa shape index (κ2) is 12.1. The van der Waals surface area contributed by atoms with Crippen LogP contribution in [0.4, 0.5) is 0 Å². The van der Waals surface area contributed by atoms with Gasteiger partial charge in [0.15, 0.2) is 17.5 Å². The molecule has 0 aliphatic heterocycles. The average molecular weight is 690 g/mol. The van der Waals surface area contributed by atoms with Crippen LogP contribution < -0.4 is 0 Å². The van der Waals surface area contributed by atoms with Crippen molar-refractivity contribution in [3.63, 3.8) is 0 Å². The first kappa shape index (κ1) is 30.3. The highest BCUT2D eigenvalue weighted by Crippen LogP contribution is 2.39. The van der Waals surface area contributed by atoms with Crippen molar-refractivity contribution in [2.45, 2.75) is 0 Å². The molecule has 0 saturated heterocycles. The summed E-state index contributed by atoms with van der Waals surface area (Å²) < 4.78 is 4.69. The molecule has 5 nitrogen and oxygen atoms in total. The van der Waals surface area contributed by atoms with Crippen LogP contribution in [0.1, 0.15) is 0 Å². The quantitative estimate of drug-likeness (QED) is 0.181. The van der Waals surface area contributed by atoms with Crippen molar-refractivity contribution in [1.29, 1.82) is 0 Å². The van der Waals surface area contributed by atoms with E-state index in [1.807, 2.05) is 18.2 Å². The number of rotatable bonds is 5. The van der Waals surface area contributed by atoms with Gasteiger partial charge in [-0.25, -0.2) is 15.0 Å². The van der Waals surface area contributed by atoms with Crippen molar-refractivity contribution in [3.05, 3.63) is 188 Å². The normalized spacial score (nSPS) is 11.7. The van der Waals surface area contributed by atoms with E-state index in [0.717, 1.165) is 66.3 Å². The second-order valence-corrected chi connectivity index (χ2v) is 13.7. The maximum Gasteiger partial charge on any atom is 0.166 e. The third-order valence-corrected chi connectivity index (χ3v) is 10.5. The zero-order valence-corrected chi connectivity index (χ0v) is 29.1. The molecule has 0 bridgehead atoms. The van der Waals surface area contributed by atoms with Crippen molar-refractivity contribution in [2.24, 2.45) is 0 Å². The molecule has 11 rings (SSSR count). The molecular weight excluding hydrogens is 659 g/mol. The average Bonchev–Trinajstić information content (AvgIpc) is 3.76. The lowest BCUT2D eigenvalue weighted by Gasteiger charge is -2.16. The maximum atomic E-state index is 5.35. The molecule has 0 aliphatic carbocycles. The summed E-state index contributed by atoms with van der Waals surface area (Å²) >= 11 is 0. The van der Waals surface area contributed by atoms with E-state index in [0.29, 0.717) is 17.5 Å². The molecule has 0 radical (unpaired) electrons. The molecule has 0 atom stereocenters. The highest BCUT2D eigenvalue weighted by atomic mass is 15.1. The lowest BCUT2D eigenvalue weighted by atomic mass is 10.0. The predicted octanol–water partition coefficient (Wildman–Crippen LogP) is 12.2. The molecule has 0 spiro atoms. The Labute approximate surface area is 311 Å². The summed E-state index contributed by atoms with van der Waals surface area (Å²) in [6.45, 7) is 0. The molecule has 0 amide bonds. The van der Waals surface area contributed by atoms with Gasteiger partial charge in [0.2, 0.25) is 0 Å². The SMILES string of the molecule is c1ccc(-c2nc(-c3ccc4c(c3)c3ccccc3n4-c3ccccc3)nc(-c3cc4ccccc4cc3-n3c4ccccc4c4ccccc43)n2)cc1. The van der Waals surface area contributed by atoms with Crippen LogP contribution in [-0.2, 0) is 0 Å². The van der Waals surface area contributed by atoms with Gasteiger partial charge in [0.1, 0.15) is 0 Å². The van der Waals surface area contributed by atoms with Crippen molar-refractivity contribution in [3.8, 4) is 45.5 Å². The Kier molecular flexibility index (Phi) is 6.79. The zero-order valence-electron chi connectivity index (χ0n) is 29.1. The Morgan fingerprint density at radius 2 is 0.796 bits per heavy atom. The standard InChI is InChI=1S/C49H31N5/c1-3-15-32(16-4-1)47-50-48(35-27-28-45-40(30-35)39-23-11-12-24-42(39)53(45)36-19-5-2-6-20-36)52-49(51-47)41-29-33-17-7-8-18-34(33)31-46(41)54-43-25-13-9-21-37(43)38-22-10-14-26-44(38)54/h1-31H. The third kappa shape index (κ3) is 4.76. The minimum absolute atomic E-state index is 0.619. The maximum absolute atomic E-state index is 5.35. The number of nitrogens with zero attached hydrogens (tertiary/aromatic N) is 5. The van der Waals surface area contributed by atoms with Gasteiger partial charge in [0.05, 0.1) is 27.8 Å². The zero-order chi connectivity index (χ0) is 35.6. The van der Waals surface area contributed by atoms with E-state index >= 15 is 0 Å². The first-order chi connectivity index (χ1) is 26.8. The van der Waals surface area contributed by atoms with Crippen LogP contribution in [-0.4, -0.2) is 24.1 Å². The monoisotopic (exact) mass is 689 g/mol. The van der Waals surface area contributed by atoms with Crippen LogP contribution in [0.5, 0.6) is 0 Å². The van der Waals surface area contributed by atoms with Crippen LogP contribution in [0, 0.1) is 0 Å². The van der Waals surface area contributed by atoms with Crippen LogP contribution >= 0.6 is 0 Å². The van der Waals surface area contributed by atoms with Gasteiger partial charge in [0.25, 0.3) is 0 Å². The van der Waals surface area contributed by atoms with E-state index in [1.165, 1.54) is 16.2 Å². The Balaban J connectivity index is 1.19. The van der Waals surface area contributed by atoms with E-state index in [2.05, 4.69) is 179 Å². The topological polar surface area (TPSA) is 48.5 Å². The second-order valence-electron chi connectivity index (χ2n) is 13.7. The largest absolute Gasteiger partial charge is 0.309 e. The van der Waals surface area contributed by atoms with Gasteiger partial charge in [-0.3, -0.25) is 0 Å². The number of fused-ring (bicyclic) bond motifs is 7. The first-order valence-electron chi connectivity index (χ1n) is 18.2. The summed E-state index contributed by atoms with van der Waals surface area (Å²) in [6.07, 6.45) is 0. The smallest absolute Gasteiger partial charge is 0.166 e. The van der Waals surface area contributed by atoms with Crippen LogP contribution in [0.2, 0.25) is 0 Å². The molecule has 8 aromatic carbocycles. The summed E-state index contributed by atoms with van der Waals surface area (Å²) in [6, 6.07) is 66.2. The molecule has 3 heterocycles. The summed E-state index contributed by atoms with van der Waals surface area (Å²) in [5.74, 6) is 1.87. The molecule has 3 aromatic heterocycles. The number of hydrogen-bond donors (Lipinski definition) is 0. The summed E-state index contributed by atoms with van der Waals surface area (Å²) in [7, 11) is 0. The van der Waals surface area contributed by atoms with Crippen molar-refractivity contribution < 1.29 is 0 Å². The summed E-state index contributed by atoms with van der Waals surface area (Å²) in [5.41, 5.74) is 9.49. The molecule has 5 heteroatoms. The number of hydrogen-bond acceptors (Lipinski definition) is 3. The summed E-state index contributed by atoms with van der Waals surface area (Å²) in [4.78, 5) is 15.8. The number of para-hydroxylation sites is 4. The van der Waals surface area contributed by atoms with E-state index < -0.39 is 0 Å². The highest BCUT2D eigenvalue weighted by Gasteiger charge is 2.21. The van der Waals surface area contributed by atoms with Gasteiger partial charge in [-0.05, 0) is 71.4 Å². The molecule has 252 valence electrons. The van der Waals surface area contributed by atoms with Gasteiger partial charge in [-0.15, -0.1) is 0 Å². The lowest BCUT2D eigenvalue weighted by Crippen LogP contribution is -2.04. The predicted molar refractivity (Wildman–Crippen MR) is 222 cm³/mol. The van der Waals surface area contributed by atoms with E-state index in [-0.39, 0.29) is 0 Å². The highest BCUT2D eigenvalue weighted by molar-refractivity contribution is 6.11. The fourth-order valence-corrected chi connectivity index (χ4v) is 8.08. The molecule has 0 saturated carbocycles. The van der Waals surface area contributed by atoms with Crippen molar-refractivity contribution in [2.75, 3.05) is 0 Å². The van der Waals surface area contributed by atoms with Gasteiger partial charge in [-0.2, -0.15) is 0 Å². The minimum Gasteiger partial charge on any atom is -0.309 e. The van der Waals surface area contributed by atoms with Crippen LogP contribution in [0.25, 0.3) is 99.9 Å². The molecule has 54 heavy (non-hydrogen) atoms. The van der Waals surface area contributed by atoms with Crippen LogP contribution in [0.3, 0.4) is 0 Å². The molecule has 11 aromatic rings. The fraction of sp³-hybridized carbons (Fsp3) is 0.